The van der Waals surface area contributed by atoms with E-state index >= 15 is 0 Å². The van der Waals surface area contributed by atoms with E-state index in [9.17, 15) is 4.79 Å². The topological polar surface area (TPSA) is 49.8 Å². The van der Waals surface area contributed by atoms with Crippen LogP contribution in [-0.2, 0) is 9.53 Å². The minimum absolute atomic E-state index is 0.195. The molecule has 3 nitrogen and oxygen atoms in total. The maximum atomic E-state index is 10.3. The van der Waals surface area contributed by atoms with Gasteiger partial charge in [0.2, 0.25) is 0 Å². The van der Waals surface area contributed by atoms with Crippen LogP contribution in [0.15, 0.2) is 72.9 Å². The van der Waals surface area contributed by atoms with Gasteiger partial charge >= 0.3 is 5.97 Å². The second-order valence-corrected chi connectivity index (χ2v) is 5.80. The maximum absolute atomic E-state index is 10.3. The van der Waals surface area contributed by atoms with Crippen LogP contribution in [0.3, 0.4) is 0 Å². The van der Waals surface area contributed by atoms with Crippen LogP contribution in [0.2, 0.25) is 0 Å². The Labute approximate surface area is 151 Å². The monoisotopic (exact) mass is 342 g/mol. The quantitative estimate of drug-likeness (QED) is 0.272. The van der Waals surface area contributed by atoms with Gasteiger partial charge in [-0.1, -0.05) is 79.8 Å². The number of hydrogen-bond acceptors (Lipinski definition) is 2. The Kier molecular flexibility index (Phi) is 11.9. The fourth-order valence-corrected chi connectivity index (χ4v) is 2.14. The average Bonchev–Trinajstić information content (AvgIpc) is 3.34. The number of ether oxygens (including phenoxy) is 1. The van der Waals surface area contributed by atoms with Crippen LogP contribution in [0.1, 0.15) is 45.4 Å². The third-order valence-electron chi connectivity index (χ3n) is 3.57. The van der Waals surface area contributed by atoms with Crippen LogP contribution in [0.25, 0.3) is 0 Å². The largest absolute Gasteiger partial charge is 0.481 e. The van der Waals surface area contributed by atoms with Crippen molar-refractivity contribution in [1.29, 1.82) is 0 Å². The fourth-order valence-electron chi connectivity index (χ4n) is 2.14. The van der Waals surface area contributed by atoms with Crippen molar-refractivity contribution in [3.63, 3.8) is 0 Å². The third-order valence-corrected chi connectivity index (χ3v) is 3.57. The molecule has 1 rings (SSSR count). The molecule has 0 bridgehead atoms. The number of hydrogen-bond donors (Lipinski definition) is 1. The maximum Gasteiger partial charge on any atom is 0.303 e. The minimum Gasteiger partial charge on any atom is -0.481 e. The zero-order chi connectivity index (χ0) is 18.2. The second kappa shape index (κ2) is 14.2. The summed E-state index contributed by atoms with van der Waals surface area (Å²) in [6.07, 6.45) is 30.0. The molecule has 1 aliphatic rings. The normalized spacial score (nSPS) is 21.2. The van der Waals surface area contributed by atoms with Gasteiger partial charge in [-0.25, -0.2) is 0 Å². The molecule has 1 fully saturated rings. The number of carboxylic acid groups (broad SMARTS) is 1. The standard InChI is InChI=1S/C22H30O3/c1-2-3-4-5-11-14-17-20-21(25-20)18-15-12-9-7-6-8-10-13-16-19-22(23)24/h3-4,6-7,9-15,18,20-21H,2,5,8,16-17,19H2,1H3,(H,23,24)/b4-3-,7-6-,12-9+,13-10-,14-11-,18-15-. The van der Waals surface area contributed by atoms with Gasteiger partial charge in [0.1, 0.15) is 6.10 Å². The zero-order valence-corrected chi connectivity index (χ0v) is 15.1. The Morgan fingerprint density at radius 2 is 1.64 bits per heavy atom. The summed E-state index contributed by atoms with van der Waals surface area (Å²) < 4.78 is 5.59. The summed E-state index contributed by atoms with van der Waals surface area (Å²) in [7, 11) is 0. The Hall–Kier alpha value is -2.13. The Bertz CT molecular complexity index is 535. The van der Waals surface area contributed by atoms with E-state index in [0.717, 1.165) is 25.7 Å². The van der Waals surface area contributed by atoms with Crippen LogP contribution in [0.4, 0.5) is 0 Å². The van der Waals surface area contributed by atoms with E-state index in [-0.39, 0.29) is 12.5 Å². The molecule has 1 aliphatic heterocycles. The first-order valence-electron chi connectivity index (χ1n) is 9.06. The second-order valence-electron chi connectivity index (χ2n) is 5.80. The molecule has 0 amide bonds. The van der Waals surface area contributed by atoms with Gasteiger partial charge in [-0.3, -0.25) is 4.79 Å². The van der Waals surface area contributed by atoms with Crippen LogP contribution < -0.4 is 0 Å². The van der Waals surface area contributed by atoms with Crippen molar-refractivity contribution in [1.82, 2.24) is 0 Å². The van der Waals surface area contributed by atoms with E-state index in [0.29, 0.717) is 12.5 Å². The van der Waals surface area contributed by atoms with Crippen molar-refractivity contribution >= 4 is 5.97 Å². The lowest BCUT2D eigenvalue weighted by Gasteiger charge is -1.86. The highest BCUT2D eigenvalue weighted by Crippen LogP contribution is 2.26. The van der Waals surface area contributed by atoms with Crippen molar-refractivity contribution in [3.05, 3.63) is 72.9 Å². The molecule has 0 saturated carbocycles. The average molecular weight is 342 g/mol. The molecule has 0 aromatic rings. The predicted octanol–water partition coefficient (Wildman–Crippen LogP) is 5.54. The number of rotatable bonds is 13. The molecule has 1 saturated heterocycles. The molecule has 1 heterocycles. The minimum atomic E-state index is -0.753. The predicted molar refractivity (Wildman–Crippen MR) is 105 cm³/mol. The molecule has 0 aromatic carbocycles. The summed E-state index contributed by atoms with van der Waals surface area (Å²) in [5.74, 6) is -0.753. The summed E-state index contributed by atoms with van der Waals surface area (Å²) >= 11 is 0. The molecule has 3 heteroatoms. The first-order valence-corrected chi connectivity index (χ1v) is 9.06. The summed E-state index contributed by atoms with van der Waals surface area (Å²) in [5.41, 5.74) is 0. The molecular weight excluding hydrogens is 312 g/mol. The van der Waals surface area contributed by atoms with Gasteiger partial charge in [0.05, 0.1) is 6.10 Å². The Balaban J connectivity index is 2.04. The van der Waals surface area contributed by atoms with Gasteiger partial charge in [-0.15, -0.1) is 0 Å². The first kappa shape index (κ1) is 20.9. The lowest BCUT2D eigenvalue weighted by atomic mass is 10.2. The molecule has 0 spiro atoms. The number of carbonyl (C=O) groups is 1. The summed E-state index contributed by atoms with van der Waals surface area (Å²) in [6.45, 7) is 2.14. The van der Waals surface area contributed by atoms with E-state index in [2.05, 4.69) is 37.3 Å². The van der Waals surface area contributed by atoms with Crippen molar-refractivity contribution in [3.8, 4) is 0 Å². The van der Waals surface area contributed by atoms with Gasteiger partial charge in [-0.05, 0) is 32.1 Å². The Morgan fingerprint density at radius 1 is 0.920 bits per heavy atom. The molecule has 2 unspecified atom stereocenters. The summed E-state index contributed by atoms with van der Waals surface area (Å²) in [6, 6.07) is 0. The molecule has 25 heavy (non-hydrogen) atoms. The molecule has 0 aromatic heterocycles. The van der Waals surface area contributed by atoms with E-state index in [1.165, 1.54) is 0 Å². The van der Waals surface area contributed by atoms with Crippen LogP contribution >= 0.6 is 0 Å². The smallest absolute Gasteiger partial charge is 0.303 e. The van der Waals surface area contributed by atoms with E-state index in [1.54, 1.807) is 0 Å². The molecule has 0 radical (unpaired) electrons. The number of allylic oxidation sites excluding steroid dienone is 10. The van der Waals surface area contributed by atoms with E-state index < -0.39 is 5.97 Å². The van der Waals surface area contributed by atoms with E-state index in [1.807, 2.05) is 42.5 Å². The van der Waals surface area contributed by atoms with Crippen LogP contribution in [0, 0.1) is 0 Å². The lowest BCUT2D eigenvalue weighted by molar-refractivity contribution is -0.136. The fraction of sp³-hybridized carbons (Fsp3) is 0.409. The van der Waals surface area contributed by atoms with E-state index in [4.69, 9.17) is 9.84 Å². The molecular formula is C22H30O3. The van der Waals surface area contributed by atoms with Gasteiger partial charge in [0.15, 0.2) is 0 Å². The highest BCUT2D eigenvalue weighted by Gasteiger charge is 2.34. The van der Waals surface area contributed by atoms with Crippen molar-refractivity contribution in [2.24, 2.45) is 0 Å². The van der Waals surface area contributed by atoms with Gasteiger partial charge in [0.25, 0.3) is 0 Å². The van der Waals surface area contributed by atoms with Gasteiger partial charge in [-0.2, -0.15) is 0 Å². The highest BCUT2D eigenvalue weighted by atomic mass is 16.6. The molecule has 1 N–H and O–H groups in total. The van der Waals surface area contributed by atoms with Crippen molar-refractivity contribution in [2.45, 2.75) is 57.7 Å². The first-order chi connectivity index (χ1) is 12.2. The lowest BCUT2D eigenvalue weighted by Crippen LogP contribution is -1.91. The number of epoxide rings is 1. The highest BCUT2D eigenvalue weighted by molar-refractivity contribution is 5.66. The third kappa shape index (κ3) is 12.9. The van der Waals surface area contributed by atoms with Gasteiger partial charge < -0.3 is 9.84 Å². The molecule has 136 valence electrons. The Morgan fingerprint density at radius 3 is 2.44 bits per heavy atom. The SMILES string of the molecule is CC/C=C\C/C=C\CC1OC1\C=C/C=C/C=C\C/C=C\CCC(=O)O. The molecule has 0 aliphatic carbocycles. The van der Waals surface area contributed by atoms with Gasteiger partial charge in [0, 0.05) is 6.42 Å². The summed E-state index contributed by atoms with van der Waals surface area (Å²) in [4.78, 5) is 10.3. The summed E-state index contributed by atoms with van der Waals surface area (Å²) in [5, 5.41) is 8.50. The zero-order valence-electron chi connectivity index (χ0n) is 15.1. The van der Waals surface area contributed by atoms with Crippen molar-refractivity contribution in [2.75, 3.05) is 0 Å². The van der Waals surface area contributed by atoms with Crippen molar-refractivity contribution < 1.29 is 14.6 Å². The number of carboxylic acids is 1. The van der Waals surface area contributed by atoms with Crippen LogP contribution in [0.5, 0.6) is 0 Å². The number of aliphatic carboxylic acids is 1. The van der Waals surface area contributed by atoms with Crippen LogP contribution in [-0.4, -0.2) is 23.3 Å². The molecule has 2 atom stereocenters.